The number of rotatable bonds is 4. The zero-order valence-electron chi connectivity index (χ0n) is 11.3. The van der Waals surface area contributed by atoms with Gasteiger partial charge in [0.15, 0.2) is 0 Å². The van der Waals surface area contributed by atoms with Gasteiger partial charge in [-0.15, -0.1) is 0 Å². The van der Waals surface area contributed by atoms with Gasteiger partial charge >= 0.3 is 0 Å². The molecule has 1 atom stereocenters. The van der Waals surface area contributed by atoms with E-state index >= 15 is 0 Å². The van der Waals surface area contributed by atoms with Crippen LogP contribution >= 0.6 is 0 Å². The number of benzene rings is 1. The Hall–Kier alpha value is -1.13. The molecule has 0 aliphatic heterocycles. The van der Waals surface area contributed by atoms with Crippen LogP contribution in [0.4, 0.5) is 4.39 Å². The molecule has 0 bridgehead atoms. The Bertz CT molecular complexity index is 430. The van der Waals surface area contributed by atoms with Crippen molar-refractivity contribution in [1.82, 2.24) is 5.32 Å². The predicted molar refractivity (Wildman–Crippen MR) is 72.5 cm³/mol. The van der Waals surface area contributed by atoms with Gasteiger partial charge in [-0.05, 0) is 38.0 Å². The summed E-state index contributed by atoms with van der Waals surface area (Å²) in [7, 11) is 0. The second-order valence-corrected chi connectivity index (χ2v) is 5.59. The normalized spacial score (nSPS) is 20.2. The maximum Gasteiger partial charge on any atom is 0.123 e. The van der Waals surface area contributed by atoms with E-state index in [2.05, 4.69) is 5.32 Å². The summed E-state index contributed by atoms with van der Waals surface area (Å²) in [6.07, 6.45) is 4.90. The Balaban J connectivity index is 1.97. The van der Waals surface area contributed by atoms with Gasteiger partial charge in [0, 0.05) is 18.2 Å². The van der Waals surface area contributed by atoms with Crippen LogP contribution in [0.25, 0.3) is 0 Å². The first-order chi connectivity index (χ1) is 9.00. The maximum atomic E-state index is 13.2. The summed E-state index contributed by atoms with van der Waals surface area (Å²) in [4.78, 5) is 0. The van der Waals surface area contributed by atoms with E-state index < -0.39 is 5.60 Å². The fourth-order valence-electron chi connectivity index (χ4n) is 2.71. The van der Waals surface area contributed by atoms with Gasteiger partial charge in [-0.25, -0.2) is 4.39 Å². The van der Waals surface area contributed by atoms with E-state index in [1.807, 2.05) is 6.92 Å². The summed E-state index contributed by atoms with van der Waals surface area (Å²) >= 11 is 0. The minimum atomic E-state index is -0.657. The van der Waals surface area contributed by atoms with Crippen molar-refractivity contribution in [2.24, 2.45) is 0 Å². The molecule has 1 fully saturated rings. The lowest BCUT2D eigenvalue weighted by Crippen LogP contribution is -2.42. The summed E-state index contributed by atoms with van der Waals surface area (Å²) in [5, 5.41) is 23.3. The summed E-state index contributed by atoms with van der Waals surface area (Å²) in [6, 6.07) is 3.73. The summed E-state index contributed by atoms with van der Waals surface area (Å²) in [5.41, 5.74) is -0.130. The molecular formula is C15H22FNO2. The highest BCUT2D eigenvalue weighted by molar-refractivity contribution is 5.34. The standard InChI is InChI=1S/C15H22FNO2/c1-11(13-9-12(16)5-6-14(13)18)17-10-15(19)7-3-2-4-8-15/h5-6,9,11,17-19H,2-4,7-8,10H2,1H3. The van der Waals surface area contributed by atoms with Crippen LogP contribution in [-0.4, -0.2) is 22.4 Å². The third kappa shape index (κ3) is 3.67. The van der Waals surface area contributed by atoms with Crippen LogP contribution in [0.15, 0.2) is 18.2 Å². The average Bonchev–Trinajstić information content (AvgIpc) is 2.40. The second kappa shape index (κ2) is 5.88. The SMILES string of the molecule is CC(NCC1(O)CCCCC1)c1cc(F)ccc1O. The molecule has 1 aromatic carbocycles. The first kappa shape index (κ1) is 14.3. The number of phenols is 1. The molecule has 0 saturated heterocycles. The van der Waals surface area contributed by atoms with E-state index in [4.69, 9.17) is 0 Å². The monoisotopic (exact) mass is 267 g/mol. The third-order valence-corrected chi connectivity index (χ3v) is 3.98. The van der Waals surface area contributed by atoms with Gasteiger partial charge in [-0.3, -0.25) is 0 Å². The largest absolute Gasteiger partial charge is 0.508 e. The van der Waals surface area contributed by atoms with Crippen molar-refractivity contribution < 1.29 is 14.6 Å². The predicted octanol–water partition coefficient (Wildman–Crippen LogP) is 2.88. The van der Waals surface area contributed by atoms with Crippen molar-refractivity contribution in [2.75, 3.05) is 6.54 Å². The topological polar surface area (TPSA) is 52.5 Å². The Labute approximate surface area is 113 Å². The summed E-state index contributed by atoms with van der Waals surface area (Å²) in [5.74, 6) is -0.283. The number of hydrogen-bond donors (Lipinski definition) is 3. The molecule has 0 amide bonds. The molecule has 1 unspecified atom stereocenters. The summed E-state index contributed by atoms with van der Waals surface area (Å²) < 4.78 is 13.2. The van der Waals surface area contributed by atoms with Crippen molar-refractivity contribution in [3.8, 4) is 5.75 Å². The number of aromatic hydroxyl groups is 1. The van der Waals surface area contributed by atoms with Crippen LogP contribution in [-0.2, 0) is 0 Å². The highest BCUT2D eigenvalue weighted by Crippen LogP contribution is 2.29. The number of aliphatic hydroxyl groups is 1. The summed E-state index contributed by atoms with van der Waals surface area (Å²) in [6.45, 7) is 2.34. The second-order valence-electron chi connectivity index (χ2n) is 5.59. The van der Waals surface area contributed by atoms with Crippen molar-refractivity contribution in [3.63, 3.8) is 0 Å². The molecule has 1 saturated carbocycles. The van der Waals surface area contributed by atoms with E-state index in [9.17, 15) is 14.6 Å². The Morgan fingerprint density at radius 1 is 1.32 bits per heavy atom. The fraction of sp³-hybridized carbons (Fsp3) is 0.600. The average molecular weight is 267 g/mol. The Kier molecular flexibility index (Phi) is 4.42. The molecule has 1 aliphatic rings. The zero-order valence-corrected chi connectivity index (χ0v) is 11.3. The van der Waals surface area contributed by atoms with Crippen LogP contribution in [0.1, 0.15) is 50.6 Å². The number of phenolic OH excluding ortho intramolecular Hbond substituents is 1. The van der Waals surface area contributed by atoms with Crippen LogP contribution in [0.2, 0.25) is 0 Å². The van der Waals surface area contributed by atoms with Gasteiger partial charge in [0.2, 0.25) is 0 Å². The van der Waals surface area contributed by atoms with Crippen LogP contribution in [0, 0.1) is 5.82 Å². The van der Waals surface area contributed by atoms with E-state index in [0.29, 0.717) is 12.1 Å². The van der Waals surface area contributed by atoms with E-state index in [1.165, 1.54) is 24.6 Å². The van der Waals surface area contributed by atoms with Crippen molar-refractivity contribution in [2.45, 2.75) is 50.7 Å². The molecule has 1 aliphatic carbocycles. The molecule has 0 aromatic heterocycles. The quantitative estimate of drug-likeness (QED) is 0.786. The van der Waals surface area contributed by atoms with Gasteiger partial charge in [-0.2, -0.15) is 0 Å². The molecule has 3 N–H and O–H groups in total. The number of nitrogens with one attached hydrogen (secondary N) is 1. The van der Waals surface area contributed by atoms with Gasteiger partial charge in [0.05, 0.1) is 5.60 Å². The molecule has 4 heteroatoms. The minimum Gasteiger partial charge on any atom is -0.508 e. The minimum absolute atomic E-state index is 0.0806. The van der Waals surface area contributed by atoms with Gasteiger partial charge < -0.3 is 15.5 Å². The number of hydrogen-bond acceptors (Lipinski definition) is 3. The van der Waals surface area contributed by atoms with E-state index in [-0.39, 0.29) is 17.6 Å². The van der Waals surface area contributed by atoms with Crippen molar-refractivity contribution >= 4 is 0 Å². The Morgan fingerprint density at radius 2 is 2.00 bits per heavy atom. The number of halogens is 1. The molecule has 1 aromatic rings. The fourth-order valence-corrected chi connectivity index (χ4v) is 2.71. The zero-order chi connectivity index (χ0) is 13.9. The molecule has 2 rings (SSSR count). The molecule has 106 valence electrons. The van der Waals surface area contributed by atoms with Crippen molar-refractivity contribution in [3.05, 3.63) is 29.6 Å². The smallest absolute Gasteiger partial charge is 0.123 e. The Morgan fingerprint density at radius 3 is 2.68 bits per heavy atom. The highest BCUT2D eigenvalue weighted by atomic mass is 19.1. The molecule has 19 heavy (non-hydrogen) atoms. The van der Waals surface area contributed by atoms with Crippen LogP contribution < -0.4 is 5.32 Å². The molecule has 3 nitrogen and oxygen atoms in total. The lowest BCUT2D eigenvalue weighted by Gasteiger charge is -2.33. The third-order valence-electron chi connectivity index (χ3n) is 3.98. The maximum absolute atomic E-state index is 13.2. The van der Waals surface area contributed by atoms with Gasteiger partial charge in [0.25, 0.3) is 0 Å². The first-order valence-electron chi connectivity index (χ1n) is 6.94. The molecule has 0 heterocycles. The van der Waals surface area contributed by atoms with Gasteiger partial charge in [0.1, 0.15) is 11.6 Å². The van der Waals surface area contributed by atoms with Crippen LogP contribution in [0.3, 0.4) is 0 Å². The van der Waals surface area contributed by atoms with Gasteiger partial charge in [-0.1, -0.05) is 19.3 Å². The molecule has 0 spiro atoms. The molecular weight excluding hydrogens is 245 g/mol. The molecule has 0 radical (unpaired) electrons. The van der Waals surface area contributed by atoms with E-state index in [0.717, 1.165) is 25.7 Å². The highest BCUT2D eigenvalue weighted by Gasteiger charge is 2.29. The lowest BCUT2D eigenvalue weighted by atomic mass is 9.84. The van der Waals surface area contributed by atoms with Crippen LogP contribution in [0.5, 0.6) is 5.75 Å². The lowest BCUT2D eigenvalue weighted by molar-refractivity contribution is 0.00294. The van der Waals surface area contributed by atoms with E-state index in [1.54, 1.807) is 0 Å². The van der Waals surface area contributed by atoms with Crippen molar-refractivity contribution in [1.29, 1.82) is 0 Å². The first-order valence-corrected chi connectivity index (χ1v) is 6.94.